The molecular weight excluding hydrogens is 1160 g/mol. The fraction of sp³-hybridized carbons (Fsp3) is 0.600. The number of aromatic nitrogens is 1. The summed E-state index contributed by atoms with van der Waals surface area (Å²) in [6.07, 6.45) is -1.80. The number of anilines is 1. The second-order valence-corrected chi connectivity index (χ2v) is 24.6. The molecule has 6 aliphatic rings. The predicted molar refractivity (Wildman–Crippen MR) is 319 cm³/mol. The Morgan fingerprint density at radius 1 is 0.685 bits per heavy atom. The van der Waals surface area contributed by atoms with Crippen LogP contribution in [0, 0.1) is 31.6 Å². The maximum absolute atomic E-state index is 15.1. The molecule has 29 nitrogen and oxygen atoms in total. The van der Waals surface area contributed by atoms with Gasteiger partial charge in [0.1, 0.15) is 78.3 Å². The van der Waals surface area contributed by atoms with Gasteiger partial charge in [0.05, 0.1) is 23.4 Å². The van der Waals surface area contributed by atoms with E-state index in [-0.39, 0.29) is 60.3 Å². The summed E-state index contributed by atoms with van der Waals surface area (Å²) in [7, 11) is 4.09. The van der Waals surface area contributed by atoms with E-state index in [9.17, 15) is 52.7 Å². The number of likely N-dealkylation sites (N-methyl/N-ethyl adjacent to an activating group) is 3. The maximum Gasteiger partial charge on any atom is 0.329 e. The van der Waals surface area contributed by atoms with Crippen molar-refractivity contribution in [3.8, 4) is 11.5 Å². The molecule has 5 aliphatic heterocycles. The molecule has 7 rings (SSSR count). The first-order valence-corrected chi connectivity index (χ1v) is 30.0. The number of fused-ring (bicyclic) bond motifs is 4. The first-order chi connectivity index (χ1) is 41.7. The van der Waals surface area contributed by atoms with Crippen LogP contribution in [-0.2, 0) is 57.4 Å². The number of nitrogens with zero attached hydrogens (tertiary/aromatic N) is 7. The molecule has 10 atom stereocenters. The smallest absolute Gasteiger partial charge is 0.329 e. The molecule has 89 heavy (non-hydrogen) atoms. The molecule has 10 amide bonds. The molecule has 4 fully saturated rings. The van der Waals surface area contributed by atoms with E-state index in [1.807, 2.05) is 0 Å². The number of amides is 10. The molecule has 0 spiro atoms. The average molecular weight is 1240 g/mol. The maximum atomic E-state index is 15.1. The lowest BCUT2D eigenvalue weighted by Crippen LogP contribution is -2.62. The minimum absolute atomic E-state index is 0.00275. The summed E-state index contributed by atoms with van der Waals surface area (Å²) in [6, 6.07) is -8.11. The Morgan fingerprint density at radius 3 is 1.72 bits per heavy atom. The standard InChI is InChI=1S/C60H83N13O16/c1-15-34-55(81)71-22-16-18-35(71)56(82)68(12)24-37(74)69(13)46(27(4)5)59(85)87-31(10)42(53(79)63-34)67-52(78)39-40(61)48(76)30(9)50-45(39)64-44-33(21-20-29(8)49(44)89-50)51(77)66-43-32(11)88-60(86)47(28(6)7)70(14)38(75)25-73(62)57(83)36-19-17-23-72(36)58(84)41(26(2)3)65-54(43)80/h20-21,26-28,31-32,34-36,41-43,46-47H,15-19,22-25,61-62H2,1-14H3,(H,63,79)(H,65,80)(H,66,77)(H,67,78)/t31-,32-,34-,35+,36+,41-,42+,43+,46+,47+/m1/s1. The largest absolute Gasteiger partial charge is 0.458 e. The number of hydrogen-bond donors (Lipinski definition) is 6. The van der Waals surface area contributed by atoms with Crippen LogP contribution in [0.4, 0.5) is 5.69 Å². The van der Waals surface area contributed by atoms with Gasteiger partial charge in [-0.15, -0.1) is 0 Å². The van der Waals surface area contributed by atoms with E-state index >= 15 is 9.59 Å². The van der Waals surface area contributed by atoms with E-state index < -0.39 is 185 Å². The molecule has 1 aromatic carbocycles. The molecule has 5 heterocycles. The van der Waals surface area contributed by atoms with Gasteiger partial charge in [0.2, 0.25) is 46.8 Å². The highest BCUT2D eigenvalue weighted by atomic mass is 16.6. The minimum atomic E-state index is -1.88. The van der Waals surface area contributed by atoms with Crippen molar-refractivity contribution in [3.05, 3.63) is 44.6 Å². The number of esters is 2. The minimum Gasteiger partial charge on any atom is -0.458 e. The average Bonchev–Trinajstić information content (AvgIpc) is 1.36. The third kappa shape index (κ3) is 13.6. The predicted octanol–water partition coefficient (Wildman–Crippen LogP) is -0.276. The fourth-order valence-corrected chi connectivity index (χ4v) is 12.0. The van der Waals surface area contributed by atoms with E-state index in [0.29, 0.717) is 23.4 Å². The summed E-state index contributed by atoms with van der Waals surface area (Å²) in [5, 5.41) is 11.3. The van der Waals surface area contributed by atoms with E-state index in [4.69, 9.17) is 30.5 Å². The van der Waals surface area contributed by atoms with Crippen molar-refractivity contribution in [2.45, 2.75) is 169 Å². The Balaban J connectivity index is 1.31. The quantitative estimate of drug-likeness (QED) is 0.0555. The topological polar surface area (TPSA) is 386 Å². The molecule has 0 unspecified atom stereocenters. The van der Waals surface area contributed by atoms with Crippen LogP contribution in [0.5, 0.6) is 0 Å². The Labute approximate surface area is 514 Å². The van der Waals surface area contributed by atoms with Crippen LogP contribution >= 0.6 is 0 Å². The Kier molecular flexibility index (Phi) is 20.8. The van der Waals surface area contributed by atoms with Crippen LogP contribution in [0.25, 0.3) is 22.6 Å². The lowest BCUT2D eigenvalue weighted by Gasteiger charge is -2.35. The number of nitrogens with one attached hydrogen (secondary N) is 4. The number of carbonyl (C=O) groups is 12. The van der Waals surface area contributed by atoms with Crippen molar-refractivity contribution in [1.82, 2.24) is 55.8 Å². The number of nitrogens with two attached hydrogens (primary N) is 2. The third-order valence-electron chi connectivity index (χ3n) is 17.2. The molecular formula is C60H83N13O16. The van der Waals surface area contributed by atoms with Crippen molar-refractivity contribution in [1.29, 1.82) is 0 Å². The van der Waals surface area contributed by atoms with Gasteiger partial charge in [-0.25, -0.2) is 20.4 Å². The van der Waals surface area contributed by atoms with E-state index in [2.05, 4.69) is 21.3 Å². The molecule has 0 bridgehead atoms. The molecule has 1 aliphatic carbocycles. The number of nitrogen functional groups attached to an aromatic ring is 1. The highest BCUT2D eigenvalue weighted by molar-refractivity contribution is 6.10. The Bertz CT molecular complexity index is 3380. The fourth-order valence-electron chi connectivity index (χ4n) is 12.0. The van der Waals surface area contributed by atoms with Crippen LogP contribution in [0.2, 0.25) is 0 Å². The van der Waals surface area contributed by atoms with Crippen LogP contribution in [0.3, 0.4) is 0 Å². The van der Waals surface area contributed by atoms with Gasteiger partial charge in [0.25, 0.3) is 17.7 Å². The van der Waals surface area contributed by atoms with E-state index in [0.717, 1.165) is 9.80 Å². The molecule has 1 aromatic rings. The molecule has 0 aromatic heterocycles. The molecule has 4 saturated heterocycles. The zero-order valence-corrected chi connectivity index (χ0v) is 52.8. The van der Waals surface area contributed by atoms with Crippen molar-refractivity contribution >= 4 is 87.8 Å². The van der Waals surface area contributed by atoms with Crippen molar-refractivity contribution in [2.24, 2.45) is 23.6 Å². The second-order valence-electron chi connectivity index (χ2n) is 24.6. The van der Waals surface area contributed by atoms with Gasteiger partial charge in [0, 0.05) is 39.8 Å². The van der Waals surface area contributed by atoms with Gasteiger partial charge in [-0.2, -0.15) is 0 Å². The van der Waals surface area contributed by atoms with Gasteiger partial charge in [-0.3, -0.25) is 57.7 Å². The molecule has 0 saturated carbocycles. The van der Waals surface area contributed by atoms with Gasteiger partial charge in [-0.1, -0.05) is 54.5 Å². The van der Waals surface area contributed by atoms with Crippen molar-refractivity contribution < 1.29 is 71.4 Å². The first-order valence-electron chi connectivity index (χ1n) is 30.0. The van der Waals surface area contributed by atoms with Crippen molar-refractivity contribution in [2.75, 3.05) is 53.1 Å². The number of ether oxygens (including phenoxy) is 2. The number of hydrazine groups is 1. The van der Waals surface area contributed by atoms with E-state index in [1.165, 1.54) is 68.7 Å². The number of aryl methyl sites for hydroxylation is 1. The molecule has 0 radical (unpaired) electrons. The van der Waals surface area contributed by atoms with Crippen LogP contribution < -0.4 is 38.3 Å². The normalized spacial score (nSPS) is 26.3. The zero-order valence-electron chi connectivity index (χ0n) is 52.8. The summed E-state index contributed by atoms with van der Waals surface area (Å²) in [4.78, 5) is 197. The van der Waals surface area contributed by atoms with Crippen molar-refractivity contribution in [3.63, 3.8) is 0 Å². The molecule has 29 heteroatoms. The number of carbonyl (C=O) groups excluding carboxylic acids is 12. The van der Waals surface area contributed by atoms with Gasteiger partial charge in [-0.05, 0) is 89.2 Å². The number of rotatable bonds is 8. The Hall–Kier alpha value is -8.76. The number of benzene rings is 2. The van der Waals surface area contributed by atoms with Crippen LogP contribution in [0.1, 0.15) is 126 Å². The first kappa shape index (κ1) is 67.7. The van der Waals surface area contributed by atoms with Gasteiger partial charge < -0.3 is 65.4 Å². The van der Waals surface area contributed by atoms with Gasteiger partial charge in [0.15, 0.2) is 11.3 Å². The molecule has 8 N–H and O–H groups in total. The lowest BCUT2D eigenvalue weighted by molar-refractivity contribution is -0.163. The Morgan fingerprint density at radius 2 is 1.19 bits per heavy atom. The SMILES string of the molecule is CC[C@H]1NC(=O)[C@@H](NC(=O)c2c3nc4c(C(=O)N[C@@H]5C(=O)N[C@H](C(C)C)C(=O)N6CCC[C@H]6C(=O)N(N)CC(=O)N(C)[C@@H](C(C)C)C(=O)O[C@@H]5C)ccc(C)c4oc-3c(C)c(=O)c2N)[C@@H](C)OC(=O)[C@H](C(C)C)N(C)C(=O)CN(C)C(=O)[C@@H]2CCCN2C1=O. The third-order valence-corrected chi connectivity index (χ3v) is 17.2. The highest BCUT2D eigenvalue weighted by Crippen LogP contribution is 2.35. The zero-order chi connectivity index (χ0) is 66.1. The highest BCUT2D eigenvalue weighted by Gasteiger charge is 2.46. The summed E-state index contributed by atoms with van der Waals surface area (Å²) in [5.41, 5.74) is 3.48. The lowest BCUT2D eigenvalue weighted by atomic mass is 9.98. The second kappa shape index (κ2) is 27.3. The number of cyclic esters (lactones) is 2. The summed E-state index contributed by atoms with van der Waals surface area (Å²) in [6.45, 7) is 16.2. The number of hydrogen-bond acceptors (Lipinski definition) is 19. The van der Waals surface area contributed by atoms with Gasteiger partial charge >= 0.3 is 11.9 Å². The van der Waals surface area contributed by atoms with E-state index in [1.54, 1.807) is 55.4 Å². The monoisotopic (exact) mass is 1240 g/mol. The summed E-state index contributed by atoms with van der Waals surface area (Å²) in [5.74, 6) is -6.15. The van der Waals surface area contributed by atoms with Crippen LogP contribution in [-0.4, -0.2) is 213 Å². The molecule has 484 valence electrons. The summed E-state index contributed by atoms with van der Waals surface area (Å²) >= 11 is 0. The van der Waals surface area contributed by atoms with Crippen LogP contribution in [0.15, 0.2) is 21.3 Å². The summed E-state index contributed by atoms with van der Waals surface area (Å²) < 4.78 is 18.2.